The molecule has 2 aromatic carbocycles. The van der Waals surface area contributed by atoms with Gasteiger partial charge in [-0.1, -0.05) is 43.6 Å². The minimum Gasteiger partial charge on any atom is -0.330 e. The van der Waals surface area contributed by atoms with Crippen LogP contribution in [0.15, 0.2) is 47.8 Å². The molecule has 29 heavy (non-hydrogen) atoms. The Kier molecular flexibility index (Phi) is 6.14. The second kappa shape index (κ2) is 8.42. The summed E-state index contributed by atoms with van der Waals surface area (Å²) in [7, 11) is 0. The number of nitrogens with zero attached hydrogens (tertiary/aromatic N) is 1. The first-order valence-electron chi connectivity index (χ1n) is 8.64. The van der Waals surface area contributed by atoms with E-state index in [1.165, 1.54) is 17.5 Å². The number of aromatic nitrogens is 1. The minimum atomic E-state index is -4.58. The lowest BCUT2D eigenvalue weighted by atomic mass is 10.0. The number of anilines is 3. The van der Waals surface area contributed by atoms with E-state index in [1.807, 2.05) is 12.1 Å². The fourth-order valence-electron chi connectivity index (χ4n) is 2.58. The number of amides is 1. The first-order valence-corrected chi connectivity index (χ1v) is 9.90. The van der Waals surface area contributed by atoms with Gasteiger partial charge in [0.05, 0.1) is 16.3 Å². The average Bonchev–Trinajstić information content (AvgIpc) is 3.12. The van der Waals surface area contributed by atoms with Crippen molar-refractivity contribution >= 4 is 45.4 Å². The Morgan fingerprint density at radius 2 is 1.83 bits per heavy atom. The maximum atomic E-state index is 13.2. The number of hydrogen-bond acceptors (Lipinski definition) is 4. The maximum Gasteiger partial charge on any atom is 0.418 e. The summed E-state index contributed by atoms with van der Waals surface area (Å²) in [5, 5.41) is 6.80. The molecule has 3 aromatic rings. The first kappa shape index (κ1) is 21.1. The van der Waals surface area contributed by atoms with Gasteiger partial charge in [0.15, 0.2) is 5.13 Å². The van der Waals surface area contributed by atoms with Crippen LogP contribution in [0, 0.1) is 0 Å². The van der Waals surface area contributed by atoms with Crippen molar-refractivity contribution in [1.82, 2.24) is 4.98 Å². The van der Waals surface area contributed by atoms with Gasteiger partial charge in [-0.15, -0.1) is 11.3 Å². The molecule has 0 aliphatic heterocycles. The highest BCUT2D eigenvalue weighted by molar-refractivity contribution is 7.14. The monoisotopic (exact) mass is 439 g/mol. The van der Waals surface area contributed by atoms with Gasteiger partial charge in [0, 0.05) is 11.1 Å². The molecular weight excluding hydrogens is 423 g/mol. The maximum absolute atomic E-state index is 13.2. The van der Waals surface area contributed by atoms with E-state index < -0.39 is 17.6 Å². The van der Waals surface area contributed by atoms with E-state index in [0.29, 0.717) is 11.6 Å². The highest BCUT2D eigenvalue weighted by Crippen LogP contribution is 2.40. The molecule has 0 atom stereocenters. The molecule has 0 fully saturated rings. The van der Waals surface area contributed by atoms with Crippen molar-refractivity contribution in [1.29, 1.82) is 0 Å². The molecule has 1 heterocycles. The van der Waals surface area contributed by atoms with Crippen LogP contribution in [0.5, 0.6) is 0 Å². The predicted molar refractivity (Wildman–Crippen MR) is 110 cm³/mol. The number of nitrogens with one attached hydrogen (secondary N) is 2. The molecule has 0 saturated carbocycles. The van der Waals surface area contributed by atoms with Crippen molar-refractivity contribution in [3.8, 4) is 0 Å². The predicted octanol–water partition coefficient (Wildman–Crippen LogP) is 6.93. The zero-order valence-electron chi connectivity index (χ0n) is 15.5. The molecule has 1 aromatic heterocycles. The molecule has 0 aliphatic carbocycles. The van der Waals surface area contributed by atoms with Crippen molar-refractivity contribution in [3.05, 3.63) is 69.7 Å². The molecular formula is C20H17ClF3N3OS. The summed E-state index contributed by atoms with van der Waals surface area (Å²) in [6.07, 6.45) is -4.58. The Labute approximate surface area is 174 Å². The van der Waals surface area contributed by atoms with E-state index in [2.05, 4.69) is 29.5 Å². The van der Waals surface area contributed by atoms with Gasteiger partial charge in [-0.05, 0) is 35.7 Å². The smallest absolute Gasteiger partial charge is 0.330 e. The number of carbonyl (C=O) groups is 1. The van der Waals surface area contributed by atoms with Gasteiger partial charge in [-0.3, -0.25) is 4.79 Å². The quantitative estimate of drug-likeness (QED) is 0.453. The number of halogens is 4. The zero-order chi connectivity index (χ0) is 21.2. The molecule has 0 radical (unpaired) electrons. The second-order valence-electron chi connectivity index (χ2n) is 6.55. The molecule has 4 nitrogen and oxygen atoms in total. The van der Waals surface area contributed by atoms with E-state index >= 15 is 0 Å². The lowest BCUT2D eigenvalue weighted by molar-refractivity contribution is -0.136. The van der Waals surface area contributed by atoms with Crippen LogP contribution >= 0.6 is 22.9 Å². The van der Waals surface area contributed by atoms with E-state index in [-0.39, 0.29) is 21.5 Å². The summed E-state index contributed by atoms with van der Waals surface area (Å²) < 4.78 is 39.6. The Balaban J connectivity index is 1.75. The largest absolute Gasteiger partial charge is 0.418 e. The van der Waals surface area contributed by atoms with Gasteiger partial charge in [0.1, 0.15) is 5.69 Å². The van der Waals surface area contributed by atoms with Crippen molar-refractivity contribution in [3.63, 3.8) is 0 Å². The molecule has 0 aliphatic rings. The molecule has 152 valence electrons. The Bertz CT molecular complexity index is 1020. The van der Waals surface area contributed by atoms with E-state index in [1.54, 1.807) is 12.1 Å². The molecule has 3 rings (SSSR count). The van der Waals surface area contributed by atoms with E-state index in [9.17, 15) is 18.0 Å². The van der Waals surface area contributed by atoms with Gasteiger partial charge in [0.2, 0.25) is 0 Å². The first-order chi connectivity index (χ1) is 13.6. The number of benzene rings is 2. The van der Waals surface area contributed by atoms with Crippen LogP contribution in [0.25, 0.3) is 0 Å². The van der Waals surface area contributed by atoms with Gasteiger partial charge >= 0.3 is 6.18 Å². The lowest BCUT2D eigenvalue weighted by Gasteiger charge is -2.14. The van der Waals surface area contributed by atoms with Crippen LogP contribution in [0.2, 0.25) is 5.02 Å². The summed E-state index contributed by atoms with van der Waals surface area (Å²) in [6, 6.07) is 10.9. The van der Waals surface area contributed by atoms with Crippen LogP contribution < -0.4 is 10.6 Å². The van der Waals surface area contributed by atoms with Crippen LogP contribution in [0.3, 0.4) is 0 Å². The van der Waals surface area contributed by atoms with Crippen LogP contribution in [0.1, 0.15) is 41.4 Å². The third kappa shape index (κ3) is 5.07. The number of hydrogen-bond donors (Lipinski definition) is 2. The van der Waals surface area contributed by atoms with Gasteiger partial charge in [-0.2, -0.15) is 13.2 Å². The minimum absolute atomic E-state index is 0.0889. The highest BCUT2D eigenvalue weighted by Gasteiger charge is 2.34. The molecule has 0 unspecified atom stereocenters. The standard InChI is InChI=1S/C20H17ClF3N3OS/c1-11(2)12-6-8-13(9-7-12)25-18(28)16-10-29-19(26-16)27-17-14(20(22,23)24)4-3-5-15(17)21/h3-11H,1-2H3,(H,25,28)(H,26,27). The molecule has 2 N–H and O–H groups in total. The van der Waals surface area contributed by atoms with Crippen molar-refractivity contribution in [2.24, 2.45) is 0 Å². The van der Waals surface area contributed by atoms with Crippen molar-refractivity contribution in [2.45, 2.75) is 25.9 Å². The third-order valence-corrected chi connectivity index (χ3v) is 5.20. The van der Waals surface area contributed by atoms with Crippen LogP contribution in [-0.2, 0) is 6.18 Å². The molecule has 0 saturated heterocycles. The Morgan fingerprint density at radius 1 is 1.14 bits per heavy atom. The number of para-hydroxylation sites is 1. The summed E-state index contributed by atoms with van der Waals surface area (Å²) in [4.78, 5) is 16.5. The molecule has 1 amide bonds. The fourth-order valence-corrected chi connectivity index (χ4v) is 3.49. The van der Waals surface area contributed by atoms with Crippen molar-refractivity contribution in [2.75, 3.05) is 10.6 Å². The summed E-state index contributed by atoms with van der Waals surface area (Å²) in [5.74, 6) is -0.0832. The Morgan fingerprint density at radius 3 is 2.45 bits per heavy atom. The third-order valence-electron chi connectivity index (χ3n) is 4.12. The van der Waals surface area contributed by atoms with Gasteiger partial charge in [0.25, 0.3) is 5.91 Å². The number of rotatable bonds is 5. The second-order valence-corrected chi connectivity index (χ2v) is 7.82. The molecule has 0 spiro atoms. The average molecular weight is 440 g/mol. The Hall–Kier alpha value is -2.58. The van der Waals surface area contributed by atoms with Crippen LogP contribution in [0.4, 0.5) is 29.7 Å². The van der Waals surface area contributed by atoms with Gasteiger partial charge < -0.3 is 10.6 Å². The number of alkyl halides is 3. The molecule has 9 heteroatoms. The number of thiazole rings is 1. The number of carbonyl (C=O) groups excluding carboxylic acids is 1. The van der Waals surface area contributed by atoms with E-state index in [4.69, 9.17) is 11.6 Å². The van der Waals surface area contributed by atoms with Crippen LogP contribution in [-0.4, -0.2) is 10.9 Å². The van der Waals surface area contributed by atoms with Crippen molar-refractivity contribution < 1.29 is 18.0 Å². The summed E-state index contributed by atoms with van der Waals surface area (Å²) in [6.45, 7) is 4.14. The zero-order valence-corrected chi connectivity index (χ0v) is 17.0. The van der Waals surface area contributed by atoms with E-state index in [0.717, 1.165) is 23.0 Å². The fraction of sp³-hybridized carbons (Fsp3) is 0.200. The highest BCUT2D eigenvalue weighted by atomic mass is 35.5. The topological polar surface area (TPSA) is 54.0 Å². The lowest BCUT2D eigenvalue weighted by Crippen LogP contribution is -2.12. The van der Waals surface area contributed by atoms with Gasteiger partial charge in [-0.25, -0.2) is 4.98 Å². The normalized spacial score (nSPS) is 11.6. The summed E-state index contributed by atoms with van der Waals surface area (Å²) >= 11 is 6.94. The molecule has 0 bridgehead atoms. The SMILES string of the molecule is CC(C)c1ccc(NC(=O)c2csc(Nc3c(Cl)cccc3C(F)(F)F)n2)cc1. The summed E-state index contributed by atoms with van der Waals surface area (Å²) in [5.41, 5.74) is 0.630.